The molecule has 1 aliphatic carbocycles. The Morgan fingerprint density at radius 2 is 2.24 bits per heavy atom. The van der Waals surface area contributed by atoms with Crippen LogP contribution in [0.4, 0.5) is 4.79 Å². The van der Waals surface area contributed by atoms with Gasteiger partial charge in [-0.1, -0.05) is 24.6 Å². The molecule has 1 unspecified atom stereocenters. The third-order valence-corrected chi connectivity index (χ3v) is 4.51. The van der Waals surface area contributed by atoms with E-state index in [-0.39, 0.29) is 23.2 Å². The summed E-state index contributed by atoms with van der Waals surface area (Å²) in [5.41, 5.74) is -0.134. The van der Waals surface area contributed by atoms with Crippen molar-refractivity contribution in [2.45, 2.75) is 31.7 Å². The summed E-state index contributed by atoms with van der Waals surface area (Å²) in [7, 11) is 0. The minimum atomic E-state index is -0.412. The van der Waals surface area contributed by atoms with Gasteiger partial charge in [0.2, 0.25) is 5.91 Å². The van der Waals surface area contributed by atoms with E-state index in [4.69, 9.17) is 0 Å². The first-order valence-corrected chi connectivity index (χ1v) is 6.96. The molecule has 0 aromatic heterocycles. The van der Waals surface area contributed by atoms with Crippen molar-refractivity contribution in [3.63, 3.8) is 0 Å². The first-order valence-electron chi connectivity index (χ1n) is 5.97. The van der Waals surface area contributed by atoms with Crippen LogP contribution in [-0.4, -0.2) is 41.2 Å². The maximum Gasteiger partial charge on any atom is 0.279 e. The summed E-state index contributed by atoms with van der Waals surface area (Å²) >= 11 is 1.14. The van der Waals surface area contributed by atoms with Gasteiger partial charge in [0.25, 0.3) is 5.24 Å². The van der Waals surface area contributed by atoms with E-state index >= 15 is 0 Å². The van der Waals surface area contributed by atoms with Crippen LogP contribution in [0.3, 0.4) is 0 Å². The van der Waals surface area contributed by atoms with Gasteiger partial charge in [-0.2, -0.15) is 0 Å². The molecule has 5 nitrogen and oxygen atoms in total. The minimum Gasteiger partial charge on any atom is -0.396 e. The number of rotatable bonds is 4. The maximum absolute atomic E-state index is 11.8. The largest absolute Gasteiger partial charge is 0.396 e. The molecule has 0 aromatic rings. The second kappa shape index (κ2) is 5.27. The fraction of sp³-hybridized carbons (Fsp3) is 0.818. The van der Waals surface area contributed by atoms with Crippen LogP contribution in [0.2, 0.25) is 0 Å². The lowest BCUT2D eigenvalue weighted by Gasteiger charge is -2.27. The van der Waals surface area contributed by atoms with Gasteiger partial charge in [-0.25, -0.2) is 0 Å². The van der Waals surface area contributed by atoms with Crippen LogP contribution in [0.5, 0.6) is 0 Å². The molecule has 1 heterocycles. The van der Waals surface area contributed by atoms with Gasteiger partial charge < -0.3 is 15.7 Å². The molecule has 2 rings (SSSR count). The van der Waals surface area contributed by atoms with Gasteiger partial charge in [-0.3, -0.25) is 9.59 Å². The van der Waals surface area contributed by atoms with E-state index in [1.54, 1.807) is 0 Å². The molecular formula is C11H18N2O3S. The van der Waals surface area contributed by atoms with Gasteiger partial charge in [0, 0.05) is 17.7 Å². The molecule has 2 aliphatic rings. The van der Waals surface area contributed by atoms with Crippen molar-refractivity contribution in [3.8, 4) is 0 Å². The molecule has 1 aliphatic heterocycles. The Morgan fingerprint density at radius 3 is 2.76 bits per heavy atom. The fourth-order valence-electron chi connectivity index (χ4n) is 2.44. The van der Waals surface area contributed by atoms with Crippen molar-refractivity contribution in [1.82, 2.24) is 10.6 Å². The summed E-state index contributed by atoms with van der Waals surface area (Å²) in [6, 6.07) is -0.412. The molecule has 0 radical (unpaired) electrons. The van der Waals surface area contributed by atoms with Gasteiger partial charge in [0.15, 0.2) is 0 Å². The highest BCUT2D eigenvalue weighted by Gasteiger charge is 2.35. The van der Waals surface area contributed by atoms with Crippen LogP contribution in [0.25, 0.3) is 0 Å². The Kier molecular flexibility index (Phi) is 3.93. The Morgan fingerprint density at radius 1 is 1.53 bits per heavy atom. The predicted octanol–water partition coefficient (Wildman–Crippen LogP) is 0.480. The number of hydrogen-bond donors (Lipinski definition) is 3. The van der Waals surface area contributed by atoms with E-state index in [2.05, 4.69) is 10.6 Å². The van der Waals surface area contributed by atoms with Crippen LogP contribution < -0.4 is 10.6 Å². The van der Waals surface area contributed by atoms with E-state index < -0.39 is 6.04 Å². The zero-order valence-electron chi connectivity index (χ0n) is 9.70. The molecule has 2 fully saturated rings. The molecule has 3 N–H and O–H groups in total. The highest BCUT2D eigenvalue weighted by atomic mass is 32.2. The van der Waals surface area contributed by atoms with Crippen LogP contribution >= 0.6 is 11.8 Å². The third-order valence-electron chi connectivity index (χ3n) is 3.63. The number of aliphatic hydroxyl groups excluding tert-OH is 1. The Bertz CT molecular complexity index is 316. The van der Waals surface area contributed by atoms with Gasteiger partial charge in [-0.05, 0) is 12.8 Å². The molecule has 1 saturated carbocycles. The number of hydrogen-bond acceptors (Lipinski definition) is 4. The number of thioether (sulfide) groups is 1. The zero-order valence-corrected chi connectivity index (χ0v) is 10.5. The highest BCUT2D eigenvalue weighted by Crippen LogP contribution is 2.36. The van der Waals surface area contributed by atoms with Crippen molar-refractivity contribution in [3.05, 3.63) is 0 Å². The Labute approximate surface area is 105 Å². The van der Waals surface area contributed by atoms with Crippen molar-refractivity contribution in [2.75, 3.05) is 18.9 Å². The van der Waals surface area contributed by atoms with Gasteiger partial charge >= 0.3 is 0 Å². The van der Waals surface area contributed by atoms with E-state index in [1.165, 1.54) is 0 Å². The van der Waals surface area contributed by atoms with Crippen LogP contribution in [0, 0.1) is 5.41 Å². The van der Waals surface area contributed by atoms with E-state index in [0.29, 0.717) is 12.3 Å². The molecule has 1 atom stereocenters. The summed E-state index contributed by atoms with van der Waals surface area (Å²) in [5, 5.41) is 14.7. The summed E-state index contributed by atoms with van der Waals surface area (Å²) < 4.78 is 0. The quantitative estimate of drug-likeness (QED) is 0.685. The number of carbonyl (C=O) groups excluding carboxylic acids is 2. The number of carbonyl (C=O) groups is 2. The Hall–Kier alpha value is -0.750. The molecule has 2 amide bonds. The summed E-state index contributed by atoms with van der Waals surface area (Å²) in [6.07, 6.45) is 4.17. The zero-order chi connectivity index (χ0) is 12.3. The molecule has 6 heteroatoms. The minimum absolute atomic E-state index is 0.124. The standard InChI is InChI=1S/C11H18N2O3S/c14-7-11(3-1-2-4-11)6-12-9(15)8-5-17-10(16)13-8/h8,14H,1-7H2,(H,12,15)(H,13,16). The van der Waals surface area contributed by atoms with Gasteiger partial charge in [0.1, 0.15) is 6.04 Å². The fourth-order valence-corrected chi connectivity index (χ4v) is 3.22. The van der Waals surface area contributed by atoms with Crippen molar-refractivity contribution >= 4 is 22.9 Å². The van der Waals surface area contributed by atoms with Crippen LogP contribution in [0.15, 0.2) is 0 Å². The van der Waals surface area contributed by atoms with Gasteiger partial charge in [-0.15, -0.1) is 0 Å². The monoisotopic (exact) mass is 258 g/mol. The summed E-state index contributed by atoms with van der Waals surface area (Å²) in [5.74, 6) is 0.361. The topological polar surface area (TPSA) is 78.4 Å². The van der Waals surface area contributed by atoms with Crippen molar-refractivity contribution in [2.24, 2.45) is 5.41 Å². The van der Waals surface area contributed by atoms with Crippen molar-refractivity contribution < 1.29 is 14.7 Å². The number of nitrogens with one attached hydrogen (secondary N) is 2. The maximum atomic E-state index is 11.8. The lowest BCUT2D eigenvalue weighted by Crippen LogP contribution is -2.47. The molecule has 17 heavy (non-hydrogen) atoms. The normalized spacial score (nSPS) is 26.9. The first kappa shape index (κ1) is 12.7. The van der Waals surface area contributed by atoms with Crippen LogP contribution in [-0.2, 0) is 4.79 Å². The Balaban J connectivity index is 1.81. The second-order valence-electron chi connectivity index (χ2n) is 4.88. The molecule has 96 valence electrons. The summed E-state index contributed by atoms with van der Waals surface area (Å²) in [6.45, 7) is 0.637. The van der Waals surface area contributed by atoms with E-state index in [9.17, 15) is 14.7 Å². The molecule has 0 spiro atoms. The average molecular weight is 258 g/mol. The predicted molar refractivity (Wildman–Crippen MR) is 65.8 cm³/mol. The second-order valence-corrected chi connectivity index (χ2v) is 5.87. The molecule has 0 bridgehead atoms. The number of amides is 2. The van der Waals surface area contributed by atoms with Crippen molar-refractivity contribution in [1.29, 1.82) is 0 Å². The van der Waals surface area contributed by atoms with Crippen LogP contribution in [0.1, 0.15) is 25.7 Å². The highest BCUT2D eigenvalue weighted by molar-refractivity contribution is 8.14. The third kappa shape index (κ3) is 2.93. The lowest BCUT2D eigenvalue weighted by molar-refractivity contribution is -0.122. The SMILES string of the molecule is O=C1NC(C(=O)NCC2(CO)CCCC2)CS1. The van der Waals surface area contributed by atoms with Gasteiger partial charge in [0.05, 0.1) is 6.61 Å². The molecule has 0 aromatic carbocycles. The molecular weight excluding hydrogens is 240 g/mol. The molecule has 1 saturated heterocycles. The number of aliphatic hydroxyl groups is 1. The van der Waals surface area contributed by atoms with E-state index in [0.717, 1.165) is 37.4 Å². The average Bonchev–Trinajstić information content (AvgIpc) is 2.95. The summed E-state index contributed by atoms with van der Waals surface area (Å²) in [4.78, 5) is 22.8. The smallest absolute Gasteiger partial charge is 0.279 e. The lowest BCUT2D eigenvalue weighted by atomic mass is 9.87. The van der Waals surface area contributed by atoms with E-state index in [1.807, 2.05) is 0 Å². The first-order chi connectivity index (χ1) is 8.15.